The number of urea groups is 1. The van der Waals surface area contributed by atoms with Crippen LogP contribution < -0.4 is 16.4 Å². The van der Waals surface area contributed by atoms with Gasteiger partial charge in [0.25, 0.3) is 0 Å². The molecular formula is C23H42N4O2. The third-order valence-electron chi connectivity index (χ3n) is 7.34. The first-order valence-corrected chi connectivity index (χ1v) is 12.0. The van der Waals surface area contributed by atoms with Crippen LogP contribution in [0.5, 0.6) is 0 Å². The fraction of sp³-hybridized carbons (Fsp3) is 0.913. The normalized spacial score (nSPS) is 29.9. The van der Waals surface area contributed by atoms with E-state index in [4.69, 9.17) is 5.73 Å². The van der Waals surface area contributed by atoms with Gasteiger partial charge >= 0.3 is 6.03 Å². The zero-order valence-corrected chi connectivity index (χ0v) is 18.4. The van der Waals surface area contributed by atoms with Gasteiger partial charge in [-0.2, -0.15) is 0 Å². The van der Waals surface area contributed by atoms with Crippen LogP contribution in [0.2, 0.25) is 0 Å². The standard InChI is InChI=1S/C23H42N4O2/c1-27(17-21(24)28)10-8-6-4-2-3-5-7-9-25-22(29)26-23-14-18-11-19(15-23)13-20(12-18)16-23/h18-20H,2-17H2,1H3,(H2,24,28)(H2,25,26,29). The average Bonchev–Trinajstić information content (AvgIpc) is 2.61. The molecule has 0 saturated heterocycles. The summed E-state index contributed by atoms with van der Waals surface area (Å²) in [5.74, 6) is 2.34. The van der Waals surface area contributed by atoms with Gasteiger partial charge in [0, 0.05) is 12.1 Å². The third kappa shape index (κ3) is 7.16. The largest absolute Gasteiger partial charge is 0.369 e. The molecule has 0 aromatic rings. The van der Waals surface area contributed by atoms with Crippen LogP contribution in [0.1, 0.15) is 83.5 Å². The molecule has 6 nitrogen and oxygen atoms in total. The van der Waals surface area contributed by atoms with Gasteiger partial charge in [-0.25, -0.2) is 4.79 Å². The molecule has 6 heteroatoms. The van der Waals surface area contributed by atoms with Crippen LogP contribution in [0.25, 0.3) is 0 Å². The van der Waals surface area contributed by atoms with Gasteiger partial charge in [-0.3, -0.25) is 9.69 Å². The van der Waals surface area contributed by atoms with Gasteiger partial charge in [0.15, 0.2) is 0 Å². The molecule has 0 atom stereocenters. The van der Waals surface area contributed by atoms with Crippen molar-refractivity contribution in [2.75, 3.05) is 26.7 Å². The van der Waals surface area contributed by atoms with Gasteiger partial charge in [-0.1, -0.05) is 32.1 Å². The zero-order valence-electron chi connectivity index (χ0n) is 18.4. The number of hydrogen-bond acceptors (Lipinski definition) is 3. The molecule has 4 rings (SSSR count). The van der Waals surface area contributed by atoms with E-state index in [9.17, 15) is 9.59 Å². The fourth-order valence-corrected chi connectivity index (χ4v) is 6.49. The smallest absolute Gasteiger partial charge is 0.315 e. The van der Waals surface area contributed by atoms with Crippen LogP contribution in [0, 0.1) is 17.8 Å². The third-order valence-corrected chi connectivity index (χ3v) is 7.34. The first kappa shape index (κ1) is 22.4. The highest BCUT2D eigenvalue weighted by Crippen LogP contribution is 2.55. The Labute approximate surface area is 176 Å². The lowest BCUT2D eigenvalue weighted by Gasteiger charge is -2.56. The Hall–Kier alpha value is -1.30. The van der Waals surface area contributed by atoms with E-state index < -0.39 is 0 Å². The molecule has 0 aromatic heterocycles. The topological polar surface area (TPSA) is 87.5 Å². The molecule has 3 amide bonds. The SMILES string of the molecule is CN(CCCCCCCCCNC(=O)NC12CC3CC(CC(C3)C1)C2)CC(N)=O. The predicted molar refractivity (Wildman–Crippen MR) is 116 cm³/mol. The number of nitrogens with two attached hydrogens (primary N) is 1. The summed E-state index contributed by atoms with van der Waals surface area (Å²) < 4.78 is 0. The number of carbonyl (C=O) groups excluding carboxylic acids is 2. The van der Waals surface area contributed by atoms with Crippen LogP contribution in [0.15, 0.2) is 0 Å². The lowest BCUT2D eigenvalue weighted by atomic mass is 9.53. The van der Waals surface area contributed by atoms with Crippen molar-refractivity contribution in [3.05, 3.63) is 0 Å². The molecule has 166 valence electrons. The maximum Gasteiger partial charge on any atom is 0.315 e. The van der Waals surface area contributed by atoms with Crippen LogP contribution in [-0.2, 0) is 4.79 Å². The molecule has 4 N–H and O–H groups in total. The summed E-state index contributed by atoms with van der Waals surface area (Å²) in [5, 5.41) is 6.49. The molecule has 4 bridgehead atoms. The van der Waals surface area contributed by atoms with Crippen molar-refractivity contribution in [3.63, 3.8) is 0 Å². The van der Waals surface area contributed by atoms with Crippen molar-refractivity contribution in [1.82, 2.24) is 15.5 Å². The molecular weight excluding hydrogens is 364 g/mol. The van der Waals surface area contributed by atoms with Gasteiger partial charge in [0.2, 0.25) is 5.91 Å². The van der Waals surface area contributed by atoms with E-state index >= 15 is 0 Å². The summed E-state index contributed by atoms with van der Waals surface area (Å²) in [6.45, 7) is 2.07. The van der Waals surface area contributed by atoms with Crippen molar-refractivity contribution in [2.24, 2.45) is 23.5 Å². The van der Waals surface area contributed by atoms with Gasteiger partial charge in [0.1, 0.15) is 0 Å². The van der Waals surface area contributed by atoms with E-state index in [2.05, 4.69) is 10.6 Å². The van der Waals surface area contributed by atoms with Crippen molar-refractivity contribution in [2.45, 2.75) is 89.0 Å². The quantitative estimate of drug-likeness (QED) is 0.410. The summed E-state index contributed by atoms with van der Waals surface area (Å²) in [4.78, 5) is 25.2. The van der Waals surface area contributed by atoms with E-state index in [-0.39, 0.29) is 17.5 Å². The van der Waals surface area contributed by atoms with Crippen molar-refractivity contribution >= 4 is 11.9 Å². The Balaban J connectivity index is 1.15. The fourth-order valence-electron chi connectivity index (χ4n) is 6.49. The summed E-state index contributed by atoms with van der Waals surface area (Å²) in [6, 6.07) is 0.0621. The molecule has 4 aliphatic rings. The molecule has 0 unspecified atom stereocenters. The highest BCUT2D eigenvalue weighted by Gasteiger charge is 2.51. The van der Waals surface area contributed by atoms with Crippen molar-refractivity contribution in [1.29, 1.82) is 0 Å². The molecule has 0 radical (unpaired) electrons. The van der Waals surface area contributed by atoms with Crippen LogP contribution in [-0.4, -0.2) is 49.1 Å². The van der Waals surface area contributed by atoms with Gasteiger partial charge in [0.05, 0.1) is 6.54 Å². The van der Waals surface area contributed by atoms with Crippen LogP contribution >= 0.6 is 0 Å². The number of nitrogens with zero attached hydrogens (tertiary/aromatic N) is 1. The van der Waals surface area contributed by atoms with Gasteiger partial charge in [-0.15, -0.1) is 0 Å². The molecule has 4 fully saturated rings. The molecule has 4 saturated carbocycles. The summed E-state index contributed by atoms with van der Waals surface area (Å²) in [7, 11) is 1.94. The van der Waals surface area contributed by atoms with E-state index in [1.165, 1.54) is 70.6 Å². The number of amides is 3. The minimum absolute atomic E-state index is 0.0621. The Bertz CT molecular complexity index is 516. The molecule has 0 aliphatic heterocycles. The minimum Gasteiger partial charge on any atom is -0.369 e. The summed E-state index contributed by atoms with van der Waals surface area (Å²) >= 11 is 0. The highest BCUT2D eigenvalue weighted by atomic mass is 16.2. The first-order valence-electron chi connectivity index (χ1n) is 12.0. The number of nitrogens with one attached hydrogen (secondary N) is 2. The number of carbonyl (C=O) groups is 2. The Morgan fingerprint density at radius 3 is 1.97 bits per heavy atom. The van der Waals surface area contributed by atoms with E-state index in [0.717, 1.165) is 43.7 Å². The lowest BCUT2D eigenvalue weighted by Crippen LogP contribution is -2.61. The summed E-state index contributed by atoms with van der Waals surface area (Å²) in [6.07, 6.45) is 16.2. The molecule has 0 aromatic carbocycles. The lowest BCUT2D eigenvalue weighted by molar-refractivity contribution is -0.118. The van der Waals surface area contributed by atoms with Crippen molar-refractivity contribution in [3.8, 4) is 0 Å². The maximum absolute atomic E-state index is 12.4. The maximum atomic E-state index is 12.4. The Kier molecular flexibility index (Phi) is 8.22. The molecule has 29 heavy (non-hydrogen) atoms. The first-order chi connectivity index (χ1) is 13.9. The second-order valence-electron chi connectivity index (χ2n) is 10.3. The van der Waals surface area contributed by atoms with Gasteiger partial charge < -0.3 is 16.4 Å². The van der Waals surface area contributed by atoms with Crippen LogP contribution in [0.3, 0.4) is 0 Å². The monoisotopic (exact) mass is 406 g/mol. The number of likely N-dealkylation sites (N-methyl/N-ethyl adjacent to an activating group) is 1. The van der Waals surface area contributed by atoms with Crippen molar-refractivity contribution < 1.29 is 9.59 Å². The second-order valence-corrected chi connectivity index (χ2v) is 10.3. The van der Waals surface area contributed by atoms with E-state index in [1.54, 1.807) is 0 Å². The number of primary amides is 1. The minimum atomic E-state index is -0.257. The molecule has 0 spiro atoms. The number of unbranched alkanes of at least 4 members (excludes halogenated alkanes) is 6. The highest BCUT2D eigenvalue weighted by molar-refractivity contribution is 5.75. The Morgan fingerprint density at radius 1 is 0.897 bits per heavy atom. The van der Waals surface area contributed by atoms with Crippen LogP contribution in [0.4, 0.5) is 4.79 Å². The van der Waals surface area contributed by atoms with E-state index in [1.807, 2.05) is 11.9 Å². The summed E-state index contributed by atoms with van der Waals surface area (Å²) in [5.41, 5.74) is 5.30. The van der Waals surface area contributed by atoms with E-state index in [0.29, 0.717) is 6.54 Å². The second kappa shape index (κ2) is 10.6. The van der Waals surface area contributed by atoms with Gasteiger partial charge in [-0.05, 0) is 82.7 Å². The Morgan fingerprint density at radius 2 is 1.41 bits per heavy atom. The molecule has 0 heterocycles. The number of rotatable bonds is 13. The predicted octanol–water partition coefficient (Wildman–Crippen LogP) is 3.40. The molecule has 4 aliphatic carbocycles. The zero-order chi connectivity index (χ0) is 20.7. The number of hydrogen-bond donors (Lipinski definition) is 3. The average molecular weight is 407 g/mol.